The van der Waals surface area contributed by atoms with Gasteiger partial charge < -0.3 is 18.5 Å². The van der Waals surface area contributed by atoms with Crippen LogP contribution in [-0.2, 0) is 10.8 Å². The van der Waals surface area contributed by atoms with Crippen LogP contribution in [0.25, 0.3) is 49.3 Å². The molecule has 8 aromatic rings. The van der Waals surface area contributed by atoms with Gasteiger partial charge in [0.15, 0.2) is 5.88 Å². The van der Waals surface area contributed by atoms with Gasteiger partial charge in [-0.3, -0.25) is 0 Å². The van der Waals surface area contributed by atoms with Crippen molar-refractivity contribution in [2.75, 3.05) is 9.71 Å². The fourth-order valence-corrected chi connectivity index (χ4v) is 11.6. The maximum Gasteiger partial charge on any atom is 0.331 e. The normalized spacial score (nSPS) is 20.7. The van der Waals surface area contributed by atoms with E-state index in [1.807, 2.05) is 0 Å². The Kier molecular flexibility index (Phi) is 5.74. The number of furan rings is 2. The average molecular weight is 725 g/mol. The Bertz CT molecular complexity index is 3160. The number of nitrogens with zero attached hydrogens (tertiary/aromatic N) is 2. The molecule has 2 aromatic heterocycles. The standard InChI is InChI=1S/C51H41BN2O2/c1-28-23-36-37(51(4,5)22-21-50(36,2)3)26-39(28)53-40-25-35-31-15-8-10-19-42(31)55-44(35)27-38(40)52-47-41(53)24-29-13-6-7-14-30(29)45(47)33-17-12-18-34-46-32-16-9-11-20-43(32)56-49(46)54(52)48(33)34/h6-20,23-27,34,48H,21-22H2,1-5H3. The lowest BCUT2D eigenvalue weighted by Gasteiger charge is -2.49. The molecule has 0 bridgehead atoms. The van der Waals surface area contributed by atoms with Crippen LogP contribution in [0.1, 0.15) is 74.3 Å². The smallest absolute Gasteiger partial charge is 0.331 e. The third-order valence-corrected chi connectivity index (χ3v) is 14.4. The van der Waals surface area contributed by atoms with Crippen molar-refractivity contribution in [2.45, 2.75) is 70.3 Å². The summed E-state index contributed by atoms with van der Waals surface area (Å²) in [4.78, 5) is 5.27. The average Bonchev–Trinajstić information content (AvgIpc) is 3.86. The summed E-state index contributed by atoms with van der Waals surface area (Å²) in [7, 11) is 0. The molecule has 5 aliphatic rings. The van der Waals surface area contributed by atoms with Crippen molar-refractivity contribution in [2.24, 2.45) is 0 Å². The lowest BCUT2D eigenvalue weighted by molar-refractivity contribution is 0.332. The second-order valence-electron chi connectivity index (χ2n) is 18.3. The summed E-state index contributed by atoms with van der Waals surface area (Å²) in [6.07, 6.45) is 9.45. The van der Waals surface area contributed by atoms with E-state index in [2.05, 4.69) is 166 Å². The molecule has 3 aliphatic heterocycles. The number of benzene rings is 6. The summed E-state index contributed by atoms with van der Waals surface area (Å²) in [5.74, 6) is 1.17. The first-order valence-corrected chi connectivity index (χ1v) is 20.3. The summed E-state index contributed by atoms with van der Waals surface area (Å²) in [5, 5.41) is 6.07. The van der Waals surface area contributed by atoms with E-state index >= 15 is 0 Å². The molecule has 0 spiro atoms. The molecule has 0 radical (unpaired) electrons. The minimum absolute atomic E-state index is 0.0662. The van der Waals surface area contributed by atoms with Crippen molar-refractivity contribution in [3.63, 3.8) is 0 Å². The lowest BCUT2D eigenvalue weighted by Crippen LogP contribution is -2.67. The molecule has 56 heavy (non-hydrogen) atoms. The molecule has 0 saturated heterocycles. The monoisotopic (exact) mass is 724 g/mol. The Balaban J connectivity index is 1.19. The number of rotatable bonds is 1. The molecule has 0 saturated carbocycles. The van der Waals surface area contributed by atoms with Crippen LogP contribution in [0.2, 0.25) is 0 Å². The number of para-hydroxylation sites is 2. The van der Waals surface area contributed by atoms with E-state index in [1.54, 1.807) is 0 Å². The van der Waals surface area contributed by atoms with Gasteiger partial charge >= 0.3 is 6.85 Å². The van der Waals surface area contributed by atoms with Crippen molar-refractivity contribution >= 4 is 90.0 Å². The Morgan fingerprint density at radius 2 is 1.36 bits per heavy atom. The van der Waals surface area contributed by atoms with Gasteiger partial charge in [-0.1, -0.05) is 113 Å². The minimum atomic E-state index is -0.0975. The summed E-state index contributed by atoms with van der Waals surface area (Å²) < 4.78 is 13.7. The molecule has 2 atom stereocenters. The summed E-state index contributed by atoms with van der Waals surface area (Å²) in [5.41, 5.74) is 17.6. The molecule has 2 aliphatic carbocycles. The number of anilines is 4. The van der Waals surface area contributed by atoms with E-state index in [9.17, 15) is 0 Å². The van der Waals surface area contributed by atoms with Gasteiger partial charge in [0.2, 0.25) is 0 Å². The quantitative estimate of drug-likeness (QED) is 0.158. The van der Waals surface area contributed by atoms with E-state index in [-0.39, 0.29) is 29.6 Å². The van der Waals surface area contributed by atoms with Gasteiger partial charge in [0.1, 0.15) is 16.7 Å². The van der Waals surface area contributed by atoms with Crippen LogP contribution >= 0.6 is 0 Å². The highest BCUT2D eigenvalue weighted by Gasteiger charge is 2.56. The number of allylic oxidation sites excluding steroid dienone is 2. The van der Waals surface area contributed by atoms with E-state index in [4.69, 9.17) is 8.83 Å². The van der Waals surface area contributed by atoms with E-state index < -0.39 is 0 Å². The Hall–Kier alpha value is -5.94. The van der Waals surface area contributed by atoms with Gasteiger partial charge in [-0.25, -0.2) is 0 Å². The second kappa shape index (κ2) is 10.3. The van der Waals surface area contributed by atoms with Crippen LogP contribution in [0.4, 0.5) is 22.9 Å². The third kappa shape index (κ3) is 3.77. The summed E-state index contributed by atoms with van der Waals surface area (Å²) >= 11 is 0. The van der Waals surface area contributed by atoms with Gasteiger partial charge in [0.05, 0.1) is 6.04 Å². The highest BCUT2D eigenvalue weighted by atomic mass is 16.4. The molecule has 0 amide bonds. The molecule has 270 valence electrons. The SMILES string of the molecule is Cc1cc2c(cc1N1c3cc4c(cc3B3c5c1cc1ccccc1c5C1=CC=CC5c6c(oc7ccccc67)N3C15)oc1ccccc14)C(C)(C)CCC2(C)C. The van der Waals surface area contributed by atoms with Crippen LogP contribution < -0.4 is 20.6 Å². The molecule has 2 unspecified atom stereocenters. The van der Waals surface area contributed by atoms with Crippen LogP contribution in [0.3, 0.4) is 0 Å². The summed E-state index contributed by atoms with van der Waals surface area (Å²) in [6.45, 7) is 12.0. The molecule has 13 rings (SSSR count). The van der Waals surface area contributed by atoms with Crippen LogP contribution in [-0.4, -0.2) is 12.9 Å². The fourth-order valence-electron chi connectivity index (χ4n) is 11.6. The van der Waals surface area contributed by atoms with Crippen molar-refractivity contribution in [3.05, 3.63) is 149 Å². The van der Waals surface area contributed by atoms with E-state index in [1.165, 1.54) is 90.4 Å². The predicted octanol–water partition coefficient (Wildman–Crippen LogP) is 12.0. The number of hydrogen-bond donors (Lipinski definition) is 0. The Morgan fingerprint density at radius 1 is 0.661 bits per heavy atom. The van der Waals surface area contributed by atoms with E-state index in [0.29, 0.717) is 0 Å². The first-order chi connectivity index (χ1) is 27.2. The topological polar surface area (TPSA) is 32.8 Å². The molecule has 6 aromatic carbocycles. The molecule has 0 N–H and O–H groups in total. The van der Waals surface area contributed by atoms with Gasteiger partial charge in [0, 0.05) is 44.7 Å². The largest absolute Gasteiger partial charge is 0.456 e. The highest BCUT2D eigenvalue weighted by Crippen LogP contribution is 2.58. The van der Waals surface area contributed by atoms with Gasteiger partial charge in [-0.05, 0) is 117 Å². The lowest BCUT2D eigenvalue weighted by atomic mass is 9.42. The van der Waals surface area contributed by atoms with Crippen molar-refractivity contribution in [1.82, 2.24) is 0 Å². The van der Waals surface area contributed by atoms with E-state index in [0.717, 1.165) is 33.4 Å². The Labute approximate surface area is 326 Å². The first-order valence-electron chi connectivity index (χ1n) is 20.3. The maximum absolute atomic E-state index is 7.00. The second-order valence-corrected chi connectivity index (χ2v) is 18.3. The summed E-state index contributed by atoms with van der Waals surface area (Å²) in [6, 6.07) is 38.6. The molecule has 0 fully saturated rings. The van der Waals surface area contributed by atoms with Crippen molar-refractivity contribution in [3.8, 4) is 0 Å². The zero-order valence-electron chi connectivity index (χ0n) is 32.4. The van der Waals surface area contributed by atoms with Gasteiger partial charge in [-0.2, -0.15) is 0 Å². The number of aryl methyl sites for hydroxylation is 1. The Morgan fingerprint density at radius 3 is 2.16 bits per heavy atom. The molecule has 4 nitrogen and oxygen atoms in total. The number of hydrogen-bond acceptors (Lipinski definition) is 4. The highest BCUT2D eigenvalue weighted by molar-refractivity contribution is 6.93. The zero-order valence-corrected chi connectivity index (χ0v) is 32.4. The minimum Gasteiger partial charge on any atom is -0.456 e. The predicted molar refractivity (Wildman–Crippen MR) is 233 cm³/mol. The van der Waals surface area contributed by atoms with Crippen LogP contribution in [0.15, 0.2) is 130 Å². The third-order valence-electron chi connectivity index (χ3n) is 14.4. The van der Waals surface area contributed by atoms with Crippen LogP contribution in [0, 0.1) is 6.92 Å². The zero-order chi connectivity index (χ0) is 37.4. The van der Waals surface area contributed by atoms with Gasteiger partial charge in [-0.15, -0.1) is 0 Å². The molecular weight excluding hydrogens is 683 g/mol. The van der Waals surface area contributed by atoms with Crippen LogP contribution in [0.5, 0.6) is 0 Å². The molecular formula is C51H41BN2O2. The molecule has 5 heterocycles. The van der Waals surface area contributed by atoms with Crippen molar-refractivity contribution < 1.29 is 8.83 Å². The number of fused-ring (bicyclic) bond motifs is 15. The molecule has 5 heteroatoms. The fraction of sp³-hybridized carbons (Fsp3) is 0.216. The first kappa shape index (κ1) is 31.3. The maximum atomic E-state index is 7.00. The van der Waals surface area contributed by atoms with Crippen molar-refractivity contribution in [1.29, 1.82) is 0 Å². The van der Waals surface area contributed by atoms with Gasteiger partial charge in [0.25, 0.3) is 0 Å².